The third-order valence-electron chi connectivity index (χ3n) is 4.17. The van der Waals surface area contributed by atoms with Crippen LogP contribution in [0.3, 0.4) is 0 Å². The fourth-order valence-electron chi connectivity index (χ4n) is 2.64. The zero-order valence-electron chi connectivity index (χ0n) is 15.3. The van der Waals surface area contributed by atoms with Gasteiger partial charge in [-0.25, -0.2) is 0 Å². The molecular formula is C23H21NO2S. The second kappa shape index (κ2) is 8.69. The number of thioether (sulfide) groups is 1. The first-order chi connectivity index (χ1) is 13.0. The van der Waals surface area contributed by atoms with Gasteiger partial charge in [0.2, 0.25) is 5.91 Å². The summed E-state index contributed by atoms with van der Waals surface area (Å²) in [5.74, 6) is -0.237. The van der Waals surface area contributed by atoms with Gasteiger partial charge in [-0.05, 0) is 38.1 Å². The number of benzene rings is 3. The highest BCUT2D eigenvalue weighted by molar-refractivity contribution is 8.00. The van der Waals surface area contributed by atoms with Crippen LogP contribution in [0.5, 0.6) is 0 Å². The molecule has 0 aliphatic rings. The van der Waals surface area contributed by atoms with Crippen molar-refractivity contribution < 1.29 is 9.59 Å². The van der Waals surface area contributed by atoms with Gasteiger partial charge < -0.3 is 5.32 Å². The summed E-state index contributed by atoms with van der Waals surface area (Å²) in [5, 5.41) is 2.63. The van der Waals surface area contributed by atoms with Crippen LogP contribution < -0.4 is 5.32 Å². The molecule has 0 aliphatic heterocycles. The van der Waals surface area contributed by atoms with E-state index in [1.165, 1.54) is 17.3 Å². The van der Waals surface area contributed by atoms with Crippen LogP contribution in [0.4, 0.5) is 5.69 Å². The third kappa shape index (κ3) is 4.86. The molecule has 0 spiro atoms. The molecule has 3 aromatic rings. The van der Waals surface area contributed by atoms with Gasteiger partial charge in [-0.2, -0.15) is 0 Å². The van der Waals surface area contributed by atoms with E-state index in [1.807, 2.05) is 62.4 Å². The molecule has 1 atom stereocenters. The second-order valence-electron chi connectivity index (χ2n) is 6.30. The molecule has 0 unspecified atom stereocenters. The summed E-state index contributed by atoms with van der Waals surface area (Å²) in [4.78, 5) is 26.5. The molecular weight excluding hydrogens is 354 g/mol. The number of amides is 1. The van der Waals surface area contributed by atoms with Crippen LogP contribution in [-0.2, 0) is 4.79 Å². The van der Waals surface area contributed by atoms with Gasteiger partial charge in [0, 0.05) is 16.0 Å². The molecule has 0 saturated carbocycles. The van der Waals surface area contributed by atoms with E-state index in [-0.39, 0.29) is 16.9 Å². The number of para-hydroxylation sites is 1. The Kier molecular flexibility index (Phi) is 6.09. The van der Waals surface area contributed by atoms with E-state index < -0.39 is 0 Å². The molecule has 4 heteroatoms. The molecule has 136 valence electrons. The lowest BCUT2D eigenvalue weighted by atomic mass is 10.0. The SMILES string of the molecule is Cc1ccc(S[C@H](C)C(=O)Nc2ccccc2C(=O)c2ccccc2)cc1. The lowest BCUT2D eigenvalue weighted by Crippen LogP contribution is -2.23. The average molecular weight is 375 g/mol. The summed E-state index contributed by atoms with van der Waals surface area (Å²) in [6, 6.07) is 24.3. The fraction of sp³-hybridized carbons (Fsp3) is 0.130. The summed E-state index contributed by atoms with van der Waals surface area (Å²) < 4.78 is 0. The van der Waals surface area contributed by atoms with E-state index in [0.29, 0.717) is 16.8 Å². The molecule has 0 radical (unpaired) electrons. The lowest BCUT2D eigenvalue weighted by molar-refractivity contribution is -0.115. The van der Waals surface area contributed by atoms with Crippen LogP contribution in [-0.4, -0.2) is 16.9 Å². The van der Waals surface area contributed by atoms with Gasteiger partial charge in [0.05, 0.1) is 10.9 Å². The molecule has 0 aromatic heterocycles. The molecule has 0 heterocycles. The predicted molar refractivity (Wildman–Crippen MR) is 111 cm³/mol. The number of ketones is 1. The number of anilines is 1. The molecule has 3 rings (SSSR count). The molecule has 27 heavy (non-hydrogen) atoms. The first kappa shape index (κ1) is 18.9. The zero-order valence-corrected chi connectivity index (χ0v) is 16.1. The molecule has 1 amide bonds. The van der Waals surface area contributed by atoms with E-state index in [4.69, 9.17) is 0 Å². The van der Waals surface area contributed by atoms with Crippen LogP contribution in [0.25, 0.3) is 0 Å². The van der Waals surface area contributed by atoms with Crippen LogP contribution in [0.2, 0.25) is 0 Å². The summed E-state index contributed by atoms with van der Waals surface area (Å²) >= 11 is 1.49. The minimum atomic E-state index is -0.285. The number of rotatable bonds is 6. The standard InChI is InChI=1S/C23H21NO2S/c1-16-12-14-19(15-13-16)27-17(2)23(26)24-21-11-7-6-10-20(21)22(25)18-8-4-3-5-9-18/h3-15,17H,1-2H3,(H,24,26)/t17-/m1/s1. The maximum absolute atomic E-state index is 12.8. The molecule has 0 aliphatic carbocycles. The van der Waals surface area contributed by atoms with Gasteiger partial charge in [0.25, 0.3) is 0 Å². The third-order valence-corrected chi connectivity index (χ3v) is 5.28. The van der Waals surface area contributed by atoms with Crippen molar-refractivity contribution in [3.63, 3.8) is 0 Å². The van der Waals surface area contributed by atoms with Gasteiger partial charge in [0.15, 0.2) is 5.78 Å². The van der Waals surface area contributed by atoms with Gasteiger partial charge in [-0.3, -0.25) is 9.59 Å². The normalized spacial score (nSPS) is 11.6. The van der Waals surface area contributed by atoms with Crippen molar-refractivity contribution in [1.82, 2.24) is 0 Å². The lowest BCUT2D eigenvalue weighted by Gasteiger charge is -2.14. The Balaban J connectivity index is 1.74. The Labute approximate surface area is 163 Å². The Morgan fingerprint density at radius 1 is 0.852 bits per heavy atom. The Morgan fingerprint density at radius 2 is 1.48 bits per heavy atom. The number of aryl methyl sites for hydroxylation is 1. The Hall–Kier alpha value is -2.85. The van der Waals surface area contributed by atoms with Crippen LogP contribution in [0, 0.1) is 6.92 Å². The van der Waals surface area contributed by atoms with Crippen LogP contribution in [0.15, 0.2) is 83.8 Å². The van der Waals surface area contributed by atoms with Gasteiger partial charge >= 0.3 is 0 Å². The maximum Gasteiger partial charge on any atom is 0.237 e. The fourth-order valence-corrected chi connectivity index (χ4v) is 3.51. The zero-order chi connectivity index (χ0) is 19.2. The second-order valence-corrected chi connectivity index (χ2v) is 7.72. The minimum absolute atomic E-state index is 0.106. The number of hydrogen-bond donors (Lipinski definition) is 1. The summed E-state index contributed by atoms with van der Waals surface area (Å²) in [7, 11) is 0. The molecule has 0 saturated heterocycles. The maximum atomic E-state index is 12.8. The molecule has 0 bridgehead atoms. The first-order valence-electron chi connectivity index (χ1n) is 8.77. The topological polar surface area (TPSA) is 46.2 Å². The van der Waals surface area contributed by atoms with E-state index >= 15 is 0 Å². The highest BCUT2D eigenvalue weighted by Crippen LogP contribution is 2.26. The van der Waals surface area contributed by atoms with Crippen LogP contribution in [0.1, 0.15) is 28.4 Å². The minimum Gasteiger partial charge on any atom is -0.324 e. The summed E-state index contributed by atoms with van der Waals surface area (Å²) in [6.45, 7) is 3.90. The Bertz CT molecular complexity index is 936. The van der Waals surface area contributed by atoms with Crippen molar-refractivity contribution in [2.75, 3.05) is 5.32 Å². The summed E-state index contributed by atoms with van der Waals surface area (Å²) in [5.41, 5.74) is 2.81. The van der Waals surface area contributed by atoms with Crippen molar-refractivity contribution in [1.29, 1.82) is 0 Å². The Morgan fingerprint density at radius 3 is 2.19 bits per heavy atom. The van der Waals surface area contributed by atoms with Gasteiger partial charge in [-0.1, -0.05) is 60.2 Å². The van der Waals surface area contributed by atoms with Crippen molar-refractivity contribution in [2.24, 2.45) is 0 Å². The van der Waals surface area contributed by atoms with Crippen LogP contribution >= 0.6 is 11.8 Å². The van der Waals surface area contributed by atoms with Gasteiger partial charge in [0.1, 0.15) is 0 Å². The van der Waals surface area contributed by atoms with E-state index in [1.54, 1.807) is 30.3 Å². The smallest absolute Gasteiger partial charge is 0.237 e. The highest BCUT2D eigenvalue weighted by atomic mass is 32.2. The van der Waals surface area contributed by atoms with E-state index in [2.05, 4.69) is 5.32 Å². The quantitative estimate of drug-likeness (QED) is 0.467. The largest absolute Gasteiger partial charge is 0.324 e. The molecule has 0 fully saturated rings. The molecule has 3 nitrogen and oxygen atoms in total. The molecule has 3 aromatic carbocycles. The number of hydrogen-bond acceptors (Lipinski definition) is 3. The van der Waals surface area contributed by atoms with Crippen molar-refractivity contribution in [3.05, 3.63) is 95.6 Å². The van der Waals surface area contributed by atoms with Crippen molar-refractivity contribution >= 4 is 29.1 Å². The highest BCUT2D eigenvalue weighted by Gasteiger charge is 2.18. The van der Waals surface area contributed by atoms with Gasteiger partial charge in [-0.15, -0.1) is 11.8 Å². The number of nitrogens with one attached hydrogen (secondary N) is 1. The predicted octanol–water partition coefficient (Wildman–Crippen LogP) is 5.35. The monoisotopic (exact) mass is 375 g/mol. The van der Waals surface area contributed by atoms with Crippen molar-refractivity contribution in [2.45, 2.75) is 24.0 Å². The van der Waals surface area contributed by atoms with E-state index in [0.717, 1.165) is 4.90 Å². The average Bonchev–Trinajstić information content (AvgIpc) is 2.70. The number of carbonyl (C=O) groups excluding carboxylic acids is 2. The van der Waals surface area contributed by atoms with E-state index in [9.17, 15) is 9.59 Å². The van der Waals surface area contributed by atoms with Crippen molar-refractivity contribution in [3.8, 4) is 0 Å². The number of carbonyl (C=O) groups is 2. The first-order valence-corrected chi connectivity index (χ1v) is 9.65. The summed E-state index contributed by atoms with van der Waals surface area (Å²) in [6.07, 6.45) is 0. The molecule has 1 N–H and O–H groups in total.